The van der Waals surface area contributed by atoms with Gasteiger partial charge in [-0.05, 0) is 25.7 Å². The van der Waals surface area contributed by atoms with Crippen LogP contribution in [0, 0.1) is 5.92 Å². The summed E-state index contributed by atoms with van der Waals surface area (Å²) in [5, 5.41) is 12.5. The van der Waals surface area contributed by atoms with Gasteiger partial charge in [0.2, 0.25) is 11.8 Å². The van der Waals surface area contributed by atoms with Gasteiger partial charge < -0.3 is 21.1 Å². The maximum Gasteiger partial charge on any atom is 0.245 e. The minimum atomic E-state index is -0.632. The van der Waals surface area contributed by atoms with E-state index in [2.05, 4.69) is 5.32 Å². The molecular weight excluding hydrogens is 270 g/mol. The fourth-order valence-electron chi connectivity index (χ4n) is 3.10. The van der Waals surface area contributed by atoms with Crippen LogP contribution in [-0.2, 0) is 9.59 Å². The minimum Gasteiger partial charge on any atom is -0.393 e. The number of amides is 2. The highest BCUT2D eigenvalue weighted by Gasteiger charge is 2.41. The van der Waals surface area contributed by atoms with E-state index in [4.69, 9.17) is 5.73 Å². The lowest BCUT2D eigenvalue weighted by Crippen LogP contribution is -2.54. The average molecular weight is 299 g/mol. The third-order valence-electron chi connectivity index (χ3n) is 3.99. The normalized spacial score (nSPS) is 26.4. The molecule has 6 nitrogen and oxygen atoms in total. The maximum absolute atomic E-state index is 12.8. The van der Waals surface area contributed by atoms with E-state index in [1.165, 1.54) is 6.92 Å². The molecule has 4 atom stereocenters. The van der Waals surface area contributed by atoms with Crippen molar-refractivity contribution in [3.05, 3.63) is 0 Å². The summed E-state index contributed by atoms with van der Waals surface area (Å²) >= 11 is 0. The topological polar surface area (TPSA) is 95.7 Å². The summed E-state index contributed by atoms with van der Waals surface area (Å²) in [6, 6.07) is -0.890. The molecule has 0 bridgehead atoms. The van der Waals surface area contributed by atoms with Crippen molar-refractivity contribution in [2.45, 2.75) is 64.6 Å². The Morgan fingerprint density at radius 1 is 1.29 bits per heavy atom. The van der Waals surface area contributed by atoms with E-state index in [9.17, 15) is 14.7 Å². The van der Waals surface area contributed by atoms with Crippen molar-refractivity contribution in [3.8, 4) is 0 Å². The Bertz CT molecular complexity index is 356. The van der Waals surface area contributed by atoms with Crippen LogP contribution in [-0.4, -0.2) is 53.1 Å². The van der Waals surface area contributed by atoms with Crippen molar-refractivity contribution in [1.82, 2.24) is 10.2 Å². The van der Waals surface area contributed by atoms with Gasteiger partial charge in [0.25, 0.3) is 0 Å². The molecule has 0 spiro atoms. The van der Waals surface area contributed by atoms with E-state index >= 15 is 0 Å². The van der Waals surface area contributed by atoms with Gasteiger partial charge >= 0.3 is 0 Å². The predicted octanol–water partition coefficient (Wildman–Crippen LogP) is 0.238. The highest BCUT2D eigenvalue weighted by atomic mass is 16.3. The maximum atomic E-state index is 12.8. The molecule has 0 radical (unpaired) electrons. The van der Waals surface area contributed by atoms with Crippen LogP contribution in [0.15, 0.2) is 0 Å². The number of nitrogens with one attached hydrogen (secondary N) is 1. The molecule has 2 amide bonds. The highest BCUT2D eigenvalue weighted by Crippen LogP contribution is 2.28. The molecule has 1 saturated carbocycles. The Labute approximate surface area is 127 Å². The average Bonchev–Trinajstić information content (AvgIpc) is 2.73. The molecule has 1 unspecified atom stereocenters. The van der Waals surface area contributed by atoms with E-state index in [1.54, 1.807) is 4.90 Å². The lowest BCUT2D eigenvalue weighted by atomic mass is 9.93. The first kappa shape index (κ1) is 17.9. The first-order valence-electron chi connectivity index (χ1n) is 7.90. The Kier molecular flexibility index (Phi) is 7.11. The van der Waals surface area contributed by atoms with Crippen molar-refractivity contribution in [2.24, 2.45) is 11.7 Å². The number of carbonyl (C=O) groups is 2. The SMILES string of the molecule is CCCN(CCC)C(=O)C(NC(C)=O)[C@H]1C[C@@H](O)C[C@@H]1N. The molecule has 4 N–H and O–H groups in total. The summed E-state index contributed by atoms with van der Waals surface area (Å²) in [6.45, 7) is 6.80. The van der Waals surface area contributed by atoms with Crippen LogP contribution in [0.25, 0.3) is 0 Å². The second-order valence-corrected chi connectivity index (χ2v) is 5.96. The van der Waals surface area contributed by atoms with Crippen LogP contribution < -0.4 is 11.1 Å². The quantitative estimate of drug-likeness (QED) is 0.627. The van der Waals surface area contributed by atoms with Gasteiger partial charge in [0.15, 0.2) is 0 Å². The molecular formula is C15H29N3O3. The van der Waals surface area contributed by atoms with Gasteiger partial charge in [0.05, 0.1) is 6.10 Å². The molecule has 1 rings (SSSR count). The van der Waals surface area contributed by atoms with Crippen LogP contribution in [0.3, 0.4) is 0 Å². The number of aliphatic hydroxyl groups excluding tert-OH is 1. The summed E-state index contributed by atoms with van der Waals surface area (Å²) in [4.78, 5) is 26.0. The number of nitrogens with two attached hydrogens (primary N) is 1. The van der Waals surface area contributed by atoms with Gasteiger partial charge in [0, 0.05) is 32.0 Å². The molecule has 0 aromatic heterocycles. The van der Waals surface area contributed by atoms with Crippen molar-refractivity contribution in [1.29, 1.82) is 0 Å². The number of aliphatic hydroxyl groups is 1. The van der Waals surface area contributed by atoms with E-state index < -0.39 is 12.1 Å². The molecule has 0 aromatic carbocycles. The molecule has 21 heavy (non-hydrogen) atoms. The number of carbonyl (C=O) groups excluding carboxylic acids is 2. The predicted molar refractivity (Wildman–Crippen MR) is 81.5 cm³/mol. The van der Waals surface area contributed by atoms with Crippen molar-refractivity contribution >= 4 is 11.8 Å². The molecule has 122 valence electrons. The van der Waals surface area contributed by atoms with Gasteiger partial charge in [-0.3, -0.25) is 9.59 Å². The molecule has 0 aromatic rings. The zero-order valence-corrected chi connectivity index (χ0v) is 13.3. The van der Waals surface area contributed by atoms with Crippen molar-refractivity contribution in [3.63, 3.8) is 0 Å². The number of rotatable bonds is 7. The second kappa shape index (κ2) is 8.34. The van der Waals surface area contributed by atoms with E-state index in [0.29, 0.717) is 25.9 Å². The zero-order chi connectivity index (χ0) is 16.0. The van der Waals surface area contributed by atoms with Crippen LogP contribution in [0.4, 0.5) is 0 Å². The molecule has 0 heterocycles. The molecule has 6 heteroatoms. The van der Waals surface area contributed by atoms with Gasteiger partial charge in [-0.2, -0.15) is 0 Å². The summed E-state index contributed by atoms with van der Waals surface area (Å²) in [7, 11) is 0. The molecule has 0 aliphatic heterocycles. The Morgan fingerprint density at radius 3 is 2.24 bits per heavy atom. The fraction of sp³-hybridized carbons (Fsp3) is 0.867. The van der Waals surface area contributed by atoms with Gasteiger partial charge in [-0.25, -0.2) is 0 Å². The Hall–Kier alpha value is -1.14. The third kappa shape index (κ3) is 4.97. The highest BCUT2D eigenvalue weighted by molar-refractivity contribution is 5.87. The Balaban J connectivity index is 2.89. The largest absolute Gasteiger partial charge is 0.393 e. The second-order valence-electron chi connectivity index (χ2n) is 5.96. The molecule has 1 fully saturated rings. The third-order valence-corrected chi connectivity index (χ3v) is 3.99. The molecule has 1 aliphatic rings. The summed E-state index contributed by atoms with van der Waals surface area (Å²) in [5.74, 6) is -0.522. The standard InChI is InChI=1S/C15H29N3O3/c1-4-6-18(7-5-2)15(21)14(17-10(3)19)12-8-11(20)9-13(12)16/h11-14,20H,4-9,16H2,1-3H3,(H,17,19)/t11-,12+,13+,14?/m1/s1. The minimum absolute atomic E-state index is 0.0801. The first-order chi connectivity index (χ1) is 9.90. The van der Waals surface area contributed by atoms with E-state index in [-0.39, 0.29) is 23.8 Å². The van der Waals surface area contributed by atoms with E-state index in [1.807, 2.05) is 13.8 Å². The van der Waals surface area contributed by atoms with Crippen LogP contribution >= 0.6 is 0 Å². The number of hydrogen-bond acceptors (Lipinski definition) is 4. The summed E-state index contributed by atoms with van der Waals surface area (Å²) in [6.07, 6.45) is 2.20. The fourth-order valence-corrected chi connectivity index (χ4v) is 3.10. The van der Waals surface area contributed by atoms with E-state index in [0.717, 1.165) is 12.8 Å². The summed E-state index contributed by atoms with van der Waals surface area (Å²) < 4.78 is 0. The number of hydrogen-bond donors (Lipinski definition) is 3. The van der Waals surface area contributed by atoms with Crippen molar-refractivity contribution in [2.75, 3.05) is 13.1 Å². The lowest BCUT2D eigenvalue weighted by molar-refractivity contribution is -0.138. The smallest absolute Gasteiger partial charge is 0.245 e. The van der Waals surface area contributed by atoms with Crippen LogP contribution in [0.1, 0.15) is 46.5 Å². The first-order valence-corrected chi connectivity index (χ1v) is 7.90. The monoisotopic (exact) mass is 299 g/mol. The lowest BCUT2D eigenvalue weighted by Gasteiger charge is -2.32. The van der Waals surface area contributed by atoms with Crippen LogP contribution in [0.5, 0.6) is 0 Å². The van der Waals surface area contributed by atoms with Gasteiger partial charge in [-0.15, -0.1) is 0 Å². The number of nitrogens with zero attached hydrogens (tertiary/aromatic N) is 1. The van der Waals surface area contributed by atoms with Gasteiger partial charge in [-0.1, -0.05) is 13.8 Å². The molecule has 1 aliphatic carbocycles. The van der Waals surface area contributed by atoms with Crippen LogP contribution in [0.2, 0.25) is 0 Å². The Morgan fingerprint density at radius 2 is 1.86 bits per heavy atom. The van der Waals surface area contributed by atoms with Gasteiger partial charge in [0.1, 0.15) is 6.04 Å². The van der Waals surface area contributed by atoms with Crippen molar-refractivity contribution < 1.29 is 14.7 Å². The zero-order valence-electron chi connectivity index (χ0n) is 13.3. The summed E-state index contributed by atoms with van der Waals surface area (Å²) in [5.41, 5.74) is 6.05. The molecule has 0 saturated heterocycles.